The predicted octanol–water partition coefficient (Wildman–Crippen LogP) is 4.42. The summed E-state index contributed by atoms with van der Waals surface area (Å²) in [7, 11) is 1.78. The molecule has 5 heteroatoms. The van der Waals surface area contributed by atoms with Gasteiger partial charge in [-0.25, -0.2) is 4.98 Å². The minimum absolute atomic E-state index is 0.353. The first kappa shape index (κ1) is 14.4. The molecule has 0 aliphatic heterocycles. The van der Waals surface area contributed by atoms with Gasteiger partial charge in [0.1, 0.15) is 11.6 Å². The molecule has 0 spiro atoms. The van der Waals surface area contributed by atoms with E-state index in [1.807, 2.05) is 0 Å². The second kappa shape index (κ2) is 6.92. The molecule has 3 nitrogen and oxygen atoms in total. The van der Waals surface area contributed by atoms with E-state index in [2.05, 4.69) is 29.5 Å². The fourth-order valence-corrected chi connectivity index (χ4v) is 2.07. The second-order valence-electron chi connectivity index (χ2n) is 4.09. The number of anilines is 2. The van der Waals surface area contributed by atoms with E-state index in [0.29, 0.717) is 27.7 Å². The first-order valence-electron chi connectivity index (χ1n) is 5.88. The Bertz CT molecular complexity index is 369. The summed E-state index contributed by atoms with van der Waals surface area (Å²) in [5, 5.41) is 7.33. The largest absolute Gasteiger partial charge is 0.372 e. The van der Waals surface area contributed by atoms with E-state index in [1.165, 1.54) is 12.8 Å². The molecule has 1 heterocycles. The van der Waals surface area contributed by atoms with Crippen molar-refractivity contribution in [3.8, 4) is 0 Å². The van der Waals surface area contributed by atoms with Gasteiger partial charge in [0.25, 0.3) is 0 Å². The van der Waals surface area contributed by atoms with E-state index in [1.54, 1.807) is 13.1 Å². The maximum atomic E-state index is 6.10. The summed E-state index contributed by atoms with van der Waals surface area (Å²) in [6, 6.07) is 2.06. The van der Waals surface area contributed by atoms with Gasteiger partial charge in [-0.05, 0) is 19.4 Å². The third kappa shape index (κ3) is 4.25. The summed E-state index contributed by atoms with van der Waals surface area (Å²) in [5.74, 6) is 1.32. The Hall–Kier alpha value is -0.670. The number of nitrogens with one attached hydrogen (secondary N) is 2. The van der Waals surface area contributed by atoms with Crippen molar-refractivity contribution < 1.29 is 0 Å². The van der Waals surface area contributed by atoms with Gasteiger partial charge in [0.2, 0.25) is 0 Å². The van der Waals surface area contributed by atoms with Gasteiger partial charge in [-0.3, -0.25) is 0 Å². The van der Waals surface area contributed by atoms with Crippen molar-refractivity contribution in [2.45, 2.75) is 39.2 Å². The van der Waals surface area contributed by atoms with Crippen LogP contribution in [0.2, 0.25) is 10.0 Å². The van der Waals surface area contributed by atoms with Crippen LogP contribution in [0.1, 0.15) is 33.1 Å². The average Bonchev–Trinajstić information content (AvgIpc) is 2.30. The lowest BCUT2D eigenvalue weighted by atomic mass is 10.1. The van der Waals surface area contributed by atoms with Crippen molar-refractivity contribution in [2.75, 3.05) is 17.7 Å². The Morgan fingerprint density at radius 1 is 1.29 bits per heavy atom. The minimum Gasteiger partial charge on any atom is -0.372 e. The van der Waals surface area contributed by atoms with Crippen LogP contribution in [0.3, 0.4) is 0 Å². The summed E-state index contributed by atoms with van der Waals surface area (Å²) >= 11 is 12.1. The fourth-order valence-electron chi connectivity index (χ4n) is 1.56. The highest BCUT2D eigenvalue weighted by Crippen LogP contribution is 2.29. The van der Waals surface area contributed by atoms with Crippen LogP contribution in [0.4, 0.5) is 11.6 Å². The molecule has 0 radical (unpaired) electrons. The quantitative estimate of drug-likeness (QED) is 0.807. The van der Waals surface area contributed by atoms with Crippen LogP contribution < -0.4 is 10.6 Å². The fraction of sp³-hybridized carbons (Fsp3) is 0.583. The van der Waals surface area contributed by atoms with Gasteiger partial charge in [-0.15, -0.1) is 0 Å². The highest BCUT2D eigenvalue weighted by atomic mass is 35.5. The molecule has 0 amide bonds. The van der Waals surface area contributed by atoms with Crippen LogP contribution in [0, 0.1) is 0 Å². The maximum absolute atomic E-state index is 6.10. The lowest BCUT2D eigenvalue weighted by molar-refractivity contribution is 0.643. The second-order valence-corrected chi connectivity index (χ2v) is 4.90. The highest BCUT2D eigenvalue weighted by Gasteiger charge is 2.10. The molecule has 0 aromatic carbocycles. The lowest BCUT2D eigenvalue weighted by Gasteiger charge is -2.16. The van der Waals surface area contributed by atoms with Gasteiger partial charge in [0.15, 0.2) is 0 Å². The molecule has 0 bridgehead atoms. The van der Waals surface area contributed by atoms with Crippen molar-refractivity contribution >= 4 is 34.8 Å². The standard InChI is InChI=1S/C12H19Cl2N3/c1-4-5-6-8(2)16-12-10(14)7-9(13)11(15-3)17-12/h7-8H,4-6H2,1-3H3,(H2,15,16,17). The molecule has 1 atom stereocenters. The molecular weight excluding hydrogens is 257 g/mol. The zero-order chi connectivity index (χ0) is 12.8. The smallest absolute Gasteiger partial charge is 0.147 e. The Morgan fingerprint density at radius 3 is 2.53 bits per heavy atom. The van der Waals surface area contributed by atoms with Crippen molar-refractivity contribution in [3.63, 3.8) is 0 Å². The van der Waals surface area contributed by atoms with Crippen LogP contribution in [0.5, 0.6) is 0 Å². The molecule has 0 saturated carbocycles. The molecule has 2 N–H and O–H groups in total. The molecular formula is C12H19Cl2N3. The van der Waals surface area contributed by atoms with Gasteiger partial charge < -0.3 is 10.6 Å². The van der Waals surface area contributed by atoms with E-state index in [9.17, 15) is 0 Å². The van der Waals surface area contributed by atoms with Gasteiger partial charge in [0.05, 0.1) is 10.0 Å². The number of nitrogens with zero attached hydrogens (tertiary/aromatic N) is 1. The summed E-state index contributed by atoms with van der Waals surface area (Å²) in [5.41, 5.74) is 0. The van der Waals surface area contributed by atoms with E-state index in [0.717, 1.165) is 6.42 Å². The Labute approximate surface area is 113 Å². The van der Waals surface area contributed by atoms with Gasteiger partial charge in [0, 0.05) is 13.1 Å². The molecule has 1 unspecified atom stereocenters. The van der Waals surface area contributed by atoms with Crippen LogP contribution >= 0.6 is 23.2 Å². The number of aromatic nitrogens is 1. The van der Waals surface area contributed by atoms with E-state index in [4.69, 9.17) is 23.2 Å². The molecule has 0 fully saturated rings. The number of pyridine rings is 1. The van der Waals surface area contributed by atoms with E-state index in [-0.39, 0.29) is 0 Å². The number of hydrogen-bond donors (Lipinski definition) is 2. The third-order valence-corrected chi connectivity index (χ3v) is 3.12. The maximum Gasteiger partial charge on any atom is 0.147 e. The zero-order valence-electron chi connectivity index (χ0n) is 10.5. The third-order valence-electron chi connectivity index (χ3n) is 2.54. The monoisotopic (exact) mass is 275 g/mol. The molecule has 17 heavy (non-hydrogen) atoms. The summed E-state index contributed by atoms with van der Waals surface area (Å²) in [6.07, 6.45) is 3.49. The van der Waals surface area contributed by atoms with Gasteiger partial charge in [-0.2, -0.15) is 0 Å². The van der Waals surface area contributed by atoms with Gasteiger partial charge in [-0.1, -0.05) is 43.0 Å². The number of hydrogen-bond acceptors (Lipinski definition) is 3. The van der Waals surface area contributed by atoms with Crippen molar-refractivity contribution in [1.82, 2.24) is 4.98 Å². The van der Waals surface area contributed by atoms with E-state index >= 15 is 0 Å². The number of rotatable bonds is 6. The highest BCUT2D eigenvalue weighted by molar-refractivity contribution is 6.37. The van der Waals surface area contributed by atoms with Crippen molar-refractivity contribution in [2.24, 2.45) is 0 Å². The summed E-state index contributed by atoms with van der Waals surface area (Å²) in [4.78, 5) is 4.35. The minimum atomic E-state index is 0.353. The van der Waals surface area contributed by atoms with Crippen molar-refractivity contribution in [1.29, 1.82) is 0 Å². The first-order valence-corrected chi connectivity index (χ1v) is 6.64. The first-order chi connectivity index (χ1) is 8.08. The molecule has 1 rings (SSSR count). The van der Waals surface area contributed by atoms with Crippen LogP contribution in [0.25, 0.3) is 0 Å². The average molecular weight is 276 g/mol. The Balaban J connectivity index is 2.76. The topological polar surface area (TPSA) is 37.0 Å². The number of halogens is 2. The number of unbranched alkanes of at least 4 members (excludes halogenated alkanes) is 1. The van der Waals surface area contributed by atoms with E-state index < -0.39 is 0 Å². The normalized spacial score (nSPS) is 12.3. The Kier molecular flexibility index (Phi) is 5.86. The van der Waals surface area contributed by atoms with Gasteiger partial charge >= 0.3 is 0 Å². The molecule has 0 aliphatic rings. The van der Waals surface area contributed by atoms with Crippen LogP contribution in [0.15, 0.2) is 6.07 Å². The summed E-state index contributed by atoms with van der Waals surface area (Å²) in [6.45, 7) is 4.31. The van der Waals surface area contributed by atoms with Crippen LogP contribution in [-0.2, 0) is 0 Å². The molecule has 0 aliphatic carbocycles. The van der Waals surface area contributed by atoms with Crippen LogP contribution in [-0.4, -0.2) is 18.1 Å². The molecule has 1 aromatic rings. The van der Waals surface area contributed by atoms with Crippen molar-refractivity contribution in [3.05, 3.63) is 16.1 Å². The predicted molar refractivity (Wildman–Crippen MR) is 76.4 cm³/mol. The molecule has 96 valence electrons. The lowest BCUT2D eigenvalue weighted by Crippen LogP contribution is -2.16. The molecule has 0 saturated heterocycles. The molecule has 1 aromatic heterocycles. The summed E-state index contributed by atoms with van der Waals surface area (Å²) < 4.78 is 0. The SMILES string of the molecule is CCCCC(C)Nc1nc(NC)c(Cl)cc1Cl. The Morgan fingerprint density at radius 2 is 1.94 bits per heavy atom. The zero-order valence-corrected chi connectivity index (χ0v) is 12.0.